The van der Waals surface area contributed by atoms with Gasteiger partial charge in [0.2, 0.25) is 0 Å². The van der Waals surface area contributed by atoms with Crippen molar-refractivity contribution >= 4 is 11.4 Å². The van der Waals surface area contributed by atoms with Crippen molar-refractivity contribution < 1.29 is 31.9 Å². The Morgan fingerprint density at radius 3 is 2.25 bits per heavy atom. The normalized spacial score (nSPS) is 21.6. The Kier molecular flexibility index (Phi) is 3.90. The Hall–Kier alpha value is 0.627. The quantitative estimate of drug-likeness (QED) is 0.217. The summed E-state index contributed by atoms with van der Waals surface area (Å²) in [4.78, 5) is 0. The van der Waals surface area contributed by atoms with E-state index in [2.05, 4.69) is 4.28 Å². The van der Waals surface area contributed by atoms with Crippen molar-refractivity contribution in [2.75, 3.05) is 13.1 Å². The monoisotopic (exact) mass is 129 g/mol. The molecule has 1 unspecified atom stereocenters. The van der Waals surface area contributed by atoms with Gasteiger partial charge < -0.3 is 4.55 Å². The minimum absolute atomic E-state index is 0. The number of hydrogen-bond donors (Lipinski definition) is 0. The van der Waals surface area contributed by atoms with Crippen LogP contribution in [0.2, 0.25) is 0 Å². The summed E-state index contributed by atoms with van der Waals surface area (Å²) in [5.41, 5.74) is 0. The summed E-state index contributed by atoms with van der Waals surface area (Å²) in [5.74, 6) is 0. The molecule has 0 radical (unpaired) electrons. The van der Waals surface area contributed by atoms with Gasteiger partial charge >= 0.3 is 18.9 Å². The Morgan fingerprint density at radius 2 is 2.12 bits per heavy atom. The van der Waals surface area contributed by atoms with E-state index < -0.39 is 11.4 Å². The fraction of sp³-hybridized carbons (Fsp3) is 1.00. The second kappa shape index (κ2) is 3.61. The summed E-state index contributed by atoms with van der Waals surface area (Å²) in [6, 6.07) is 0. The summed E-state index contributed by atoms with van der Waals surface area (Å²) >= 11 is -2.36. The molecule has 1 rings (SSSR count). The summed E-state index contributed by atoms with van der Waals surface area (Å²) in [5, 5.41) is 1.34. The first-order chi connectivity index (χ1) is 3.29. The average Bonchev–Trinajstić information content (AvgIpc) is 2.17. The summed E-state index contributed by atoms with van der Waals surface area (Å²) in [6.45, 7) is 1.46. The molecule has 0 N–H and O–H groups in total. The van der Waals surface area contributed by atoms with Crippen molar-refractivity contribution in [1.82, 2.24) is 5.06 Å². The molecule has 6 heteroatoms. The summed E-state index contributed by atoms with van der Waals surface area (Å²) < 4.78 is 23.3. The third-order valence-corrected chi connectivity index (χ3v) is 0.905. The maximum atomic E-state index is 9.59. The van der Waals surface area contributed by atoms with Gasteiger partial charge in [-0.3, -0.25) is 0 Å². The number of nitrogens with zero attached hydrogens (tertiary/aromatic N) is 1. The van der Waals surface area contributed by atoms with Gasteiger partial charge in [0.1, 0.15) is 11.4 Å². The van der Waals surface area contributed by atoms with E-state index in [1.165, 1.54) is 5.06 Å². The van der Waals surface area contributed by atoms with Crippen LogP contribution in [0.3, 0.4) is 0 Å². The van der Waals surface area contributed by atoms with E-state index in [-0.39, 0.29) is 18.9 Å². The van der Waals surface area contributed by atoms with E-state index in [0.29, 0.717) is 0 Å². The zero-order chi connectivity index (χ0) is 5.28. The number of rotatable bonds is 2. The molecule has 1 saturated heterocycles. The standard InChI is InChI=1S/C2H5NO3S.Li/c4-7(5)6-3-1-2-3;/h1-2H2,(H,4,5);/q;+1/p-1. The average molecular weight is 129 g/mol. The van der Waals surface area contributed by atoms with Crippen LogP contribution in [0, 0.1) is 0 Å². The molecule has 0 aromatic carbocycles. The number of hydrogen-bond acceptors (Lipinski definition) is 4. The molecule has 8 heavy (non-hydrogen) atoms. The Bertz CT molecular complexity index is 95.3. The predicted octanol–water partition coefficient (Wildman–Crippen LogP) is -3.97. The molecular weight excluding hydrogens is 125 g/mol. The fourth-order valence-corrected chi connectivity index (χ4v) is 0.523. The topological polar surface area (TPSA) is 52.4 Å². The predicted molar refractivity (Wildman–Crippen MR) is 21.6 cm³/mol. The van der Waals surface area contributed by atoms with E-state index in [1.54, 1.807) is 0 Å². The maximum absolute atomic E-state index is 9.59. The van der Waals surface area contributed by atoms with E-state index in [1.807, 2.05) is 0 Å². The van der Waals surface area contributed by atoms with Gasteiger partial charge in [-0.05, 0) is 0 Å². The fourth-order valence-electron chi connectivity index (χ4n) is 0.201. The van der Waals surface area contributed by atoms with Gasteiger partial charge in [-0.2, -0.15) is 5.06 Å². The molecule has 0 amide bonds. The third-order valence-electron chi connectivity index (χ3n) is 0.572. The second-order valence-corrected chi connectivity index (χ2v) is 1.76. The number of hydroxylamine groups is 2. The van der Waals surface area contributed by atoms with Gasteiger partial charge in [0, 0.05) is 13.1 Å². The van der Waals surface area contributed by atoms with Crippen molar-refractivity contribution in [3.63, 3.8) is 0 Å². The van der Waals surface area contributed by atoms with Gasteiger partial charge in [-0.15, -0.1) is 0 Å². The van der Waals surface area contributed by atoms with Crippen LogP contribution < -0.4 is 18.9 Å². The Morgan fingerprint density at radius 1 is 1.62 bits per heavy atom. The molecule has 1 fully saturated rings. The molecule has 0 spiro atoms. The van der Waals surface area contributed by atoms with Crippen LogP contribution in [0.15, 0.2) is 0 Å². The van der Waals surface area contributed by atoms with Crippen LogP contribution in [0.25, 0.3) is 0 Å². The van der Waals surface area contributed by atoms with Gasteiger partial charge in [-0.25, -0.2) is 8.49 Å². The Balaban J connectivity index is 0.000000490. The molecule has 1 heterocycles. The Labute approximate surface area is 61.8 Å². The smallest absolute Gasteiger partial charge is 0.748 e. The van der Waals surface area contributed by atoms with E-state index in [0.717, 1.165) is 13.1 Å². The van der Waals surface area contributed by atoms with E-state index in [9.17, 15) is 8.76 Å². The van der Waals surface area contributed by atoms with Crippen molar-refractivity contribution in [3.8, 4) is 0 Å². The molecule has 0 aromatic heterocycles. The molecular formula is C2H4LiNO3S. The molecule has 1 aliphatic rings. The van der Waals surface area contributed by atoms with Crippen LogP contribution in [-0.2, 0) is 15.6 Å². The van der Waals surface area contributed by atoms with Crippen LogP contribution in [0.1, 0.15) is 0 Å². The van der Waals surface area contributed by atoms with Gasteiger partial charge in [0.25, 0.3) is 0 Å². The van der Waals surface area contributed by atoms with Crippen molar-refractivity contribution in [2.45, 2.75) is 0 Å². The first-order valence-corrected chi connectivity index (χ1v) is 2.82. The van der Waals surface area contributed by atoms with Gasteiger partial charge in [0.05, 0.1) is 0 Å². The van der Waals surface area contributed by atoms with Crippen LogP contribution in [0.5, 0.6) is 0 Å². The van der Waals surface area contributed by atoms with Crippen molar-refractivity contribution in [1.29, 1.82) is 0 Å². The van der Waals surface area contributed by atoms with Crippen molar-refractivity contribution in [3.05, 3.63) is 0 Å². The molecule has 0 aromatic rings. The maximum Gasteiger partial charge on any atom is 1.00 e. The summed E-state index contributed by atoms with van der Waals surface area (Å²) in [7, 11) is 0. The SMILES string of the molecule is O=S([O-])ON1CC1.[Li+]. The first-order valence-electron chi connectivity index (χ1n) is 1.82. The first kappa shape index (κ1) is 8.63. The second-order valence-electron chi connectivity index (χ2n) is 1.21. The van der Waals surface area contributed by atoms with Gasteiger partial charge in [-0.1, -0.05) is 0 Å². The van der Waals surface area contributed by atoms with E-state index in [4.69, 9.17) is 0 Å². The molecule has 0 bridgehead atoms. The van der Waals surface area contributed by atoms with Crippen LogP contribution >= 0.6 is 0 Å². The third kappa shape index (κ3) is 3.61. The van der Waals surface area contributed by atoms with E-state index >= 15 is 0 Å². The summed E-state index contributed by atoms with van der Waals surface area (Å²) in [6.07, 6.45) is 0. The molecule has 0 saturated carbocycles. The molecule has 1 atom stereocenters. The minimum Gasteiger partial charge on any atom is -0.748 e. The molecule has 42 valence electrons. The van der Waals surface area contributed by atoms with Crippen molar-refractivity contribution in [2.24, 2.45) is 0 Å². The van der Waals surface area contributed by atoms with Crippen LogP contribution in [-0.4, -0.2) is 26.9 Å². The minimum atomic E-state index is -2.36. The zero-order valence-corrected chi connectivity index (χ0v) is 5.31. The molecule has 1 aliphatic heterocycles. The molecule has 4 nitrogen and oxygen atoms in total. The molecule has 0 aliphatic carbocycles. The van der Waals surface area contributed by atoms with Gasteiger partial charge in [0.15, 0.2) is 0 Å². The zero-order valence-electron chi connectivity index (χ0n) is 4.49. The largest absolute Gasteiger partial charge is 1.00 e. The van der Waals surface area contributed by atoms with Crippen LogP contribution in [0.4, 0.5) is 0 Å².